The van der Waals surface area contributed by atoms with Crippen molar-refractivity contribution in [2.24, 2.45) is 5.92 Å². The molecule has 2 heterocycles. The maximum Gasteiger partial charge on any atom is 0.353 e. The zero-order chi connectivity index (χ0) is 14.7. The molecule has 0 atom stereocenters. The van der Waals surface area contributed by atoms with Gasteiger partial charge in [-0.1, -0.05) is 0 Å². The van der Waals surface area contributed by atoms with Gasteiger partial charge < -0.3 is 15.4 Å². The number of nitrogen functional groups attached to an aromatic ring is 1. The fourth-order valence-electron chi connectivity index (χ4n) is 2.28. The van der Waals surface area contributed by atoms with Crippen LogP contribution < -0.4 is 10.6 Å². The van der Waals surface area contributed by atoms with E-state index in [2.05, 4.69) is 9.97 Å². The van der Waals surface area contributed by atoms with Crippen molar-refractivity contribution >= 4 is 23.3 Å². The maximum absolute atomic E-state index is 11.4. The van der Waals surface area contributed by atoms with Crippen LogP contribution in [0.2, 0.25) is 0 Å². The van der Waals surface area contributed by atoms with Gasteiger partial charge in [0.05, 0.1) is 18.0 Å². The second kappa shape index (κ2) is 5.68. The Kier molecular flexibility index (Phi) is 3.97. The van der Waals surface area contributed by atoms with Gasteiger partial charge in [-0.05, 0) is 12.8 Å². The summed E-state index contributed by atoms with van der Waals surface area (Å²) in [6.45, 7) is 0.966. The highest BCUT2D eigenvalue weighted by Gasteiger charge is 2.31. The van der Waals surface area contributed by atoms with Crippen molar-refractivity contribution in [2.75, 3.05) is 30.8 Å². The molecule has 1 aliphatic rings. The molecule has 1 fully saturated rings. The van der Waals surface area contributed by atoms with Crippen LogP contribution in [0, 0.1) is 16.0 Å². The van der Waals surface area contributed by atoms with E-state index < -0.39 is 4.92 Å². The van der Waals surface area contributed by atoms with Crippen molar-refractivity contribution < 1.29 is 14.5 Å². The van der Waals surface area contributed by atoms with Crippen LogP contribution in [-0.2, 0) is 9.53 Å². The van der Waals surface area contributed by atoms with Crippen LogP contribution in [0.5, 0.6) is 0 Å². The molecule has 0 bridgehead atoms. The molecule has 1 aliphatic heterocycles. The van der Waals surface area contributed by atoms with Gasteiger partial charge in [0.2, 0.25) is 11.6 Å². The first kappa shape index (κ1) is 14.0. The smallest absolute Gasteiger partial charge is 0.353 e. The molecule has 1 aromatic rings. The van der Waals surface area contributed by atoms with Crippen LogP contribution in [0.3, 0.4) is 0 Å². The highest BCUT2D eigenvalue weighted by molar-refractivity contribution is 5.73. The Morgan fingerprint density at radius 3 is 2.70 bits per heavy atom. The van der Waals surface area contributed by atoms with Gasteiger partial charge in [0.15, 0.2) is 0 Å². The number of anilines is 2. The molecule has 0 aromatic carbocycles. The number of hydrogen-bond acceptors (Lipinski definition) is 8. The van der Waals surface area contributed by atoms with E-state index in [0.717, 1.165) is 0 Å². The van der Waals surface area contributed by atoms with E-state index >= 15 is 0 Å². The van der Waals surface area contributed by atoms with E-state index in [1.807, 2.05) is 0 Å². The van der Waals surface area contributed by atoms with E-state index in [-0.39, 0.29) is 29.2 Å². The van der Waals surface area contributed by atoms with Gasteiger partial charge in [0.25, 0.3) is 0 Å². The number of esters is 1. The minimum atomic E-state index is -0.586. The summed E-state index contributed by atoms with van der Waals surface area (Å²) in [5.41, 5.74) is 5.24. The van der Waals surface area contributed by atoms with Crippen LogP contribution in [0.25, 0.3) is 0 Å². The first-order chi connectivity index (χ1) is 9.54. The third kappa shape index (κ3) is 2.60. The summed E-state index contributed by atoms with van der Waals surface area (Å²) in [5, 5.41) is 11.0. The number of nitrogens with two attached hydrogens (primary N) is 1. The van der Waals surface area contributed by atoms with Crippen LogP contribution in [0.15, 0.2) is 6.33 Å². The number of nitro groups is 1. The predicted molar refractivity (Wildman–Crippen MR) is 70.1 cm³/mol. The number of hydrogen-bond donors (Lipinski definition) is 1. The van der Waals surface area contributed by atoms with Crippen molar-refractivity contribution in [3.63, 3.8) is 0 Å². The highest BCUT2D eigenvalue weighted by Crippen LogP contribution is 2.32. The van der Waals surface area contributed by atoms with Gasteiger partial charge in [-0.3, -0.25) is 14.9 Å². The molecule has 0 unspecified atom stereocenters. The molecule has 0 saturated carbocycles. The summed E-state index contributed by atoms with van der Waals surface area (Å²) in [7, 11) is 1.35. The number of aromatic nitrogens is 2. The number of rotatable bonds is 3. The SMILES string of the molecule is COC(=O)C1CCN(c2ncnc(N)c2[N+](=O)[O-])CC1. The van der Waals surface area contributed by atoms with Crippen LogP contribution >= 0.6 is 0 Å². The minimum Gasteiger partial charge on any atom is -0.469 e. The molecular formula is C11H15N5O4. The third-order valence-electron chi connectivity index (χ3n) is 3.34. The molecule has 2 rings (SSSR count). The molecule has 9 heteroatoms. The number of methoxy groups -OCH3 is 1. The molecule has 1 aromatic heterocycles. The molecule has 108 valence electrons. The van der Waals surface area contributed by atoms with E-state index in [1.165, 1.54) is 13.4 Å². The molecule has 2 N–H and O–H groups in total. The molecule has 0 amide bonds. The Balaban J connectivity index is 2.17. The molecule has 0 spiro atoms. The number of carbonyl (C=O) groups is 1. The van der Waals surface area contributed by atoms with Gasteiger partial charge in [-0.25, -0.2) is 9.97 Å². The Morgan fingerprint density at radius 1 is 1.50 bits per heavy atom. The second-order valence-electron chi connectivity index (χ2n) is 4.47. The Labute approximate surface area is 114 Å². The van der Waals surface area contributed by atoms with Crippen molar-refractivity contribution in [1.82, 2.24) is 9.97 Å². The molecule has 9 nitrogen and oxygen atoms in total. The zero-order valence-electron chi connectivity index (χ0n) is 11.0. The summed E-state index contributed by atoms with van der Waals surface area (Å²) < 4.78 is 4.70. The predicted octanol–water partition coefficient (Wildman–Crippen LogP) is 0.356. The Hall–Kier alpha value is -2.45. The summed E-state index contributed by atoms with van der Waals surface area (Å²) in [5.74, 6) is -0.378. The fourth-order valence-corrected chi connectivity index (χ4v) is 2.28. The molecular weight excluding hydrogens is 266 g/mol. The highest BCUT2D eigenvalue weighted by atomic mass is 16.6. The largest absolute Gasteiger partial charge is 0.469 e. The van der Waals surface area contributed by atoms with Crippen molar-refractivity contribution in [3.8, 4) is 0 Å². The van der Waals surface area contributed by atoms with Crippen molar-refractivity contribution in [2.45, 2.75) is 12.8 Å². The van der Waals surface area contributed by atoms with Crippen LogP contribution in [0.1, 0.15) is 12.8 Å². The minimum absolute atomic E-state index is 0.157. The lowest BCUT2D eigenvalue weighted by Gasteiger charge is -2.31. The first-order valence-corrected chi connectivity index (χ1v) is 6.12. The standard InChI is InChI=1S/C11H15N5O4/c1-20-11(17)7-2-4-15(5-3-7)10-8(16(18)19)9(12)13-6-14-10/h6-7H,2-5H2,1H3,(H2,12,13,14). The summed E-state index contributed by atoms with van der Waals surface area (Å²) in [6, 6.07) is 0. The summed E-state index contributed by atoms with van der Waals surface area (Å²) in [6.07, 6.45) is 2.32. The van der Waals surface area contributed by atoms with E-state index in [1.54, 1.807) is 4.90 Å². The van der Waals surface area contributed by atoms with Crippen molar-refractivity contribution in [1.29, 1.82) is 0 Å². The third-order valence-corrected chi connectivity index (χ3v) is 3.34. The lowest BCUT2D eigenvalue weighted by molar-refractivity contribution is -0.383. The quantitative estimate of drug-likeness (QED) is 0.478. The number of carbonyl (C=O) groups excluding carboxylic acids is 1. The number of ether oxygens (including phenoxy) is 1. The Morgan fingerprint density at radius 2 is 2.15 bits per heavy atom. The lowest BCUT2D eigenvalue weighted by atomic mass is 9.97. The van der Waals surface area contributed by atoms with Crippen LogP contribution in [0.4, 0.5) is 17.3 Å². The topological polar surface area (TPSA) is 124 Å². The van der Waals surface area contributed by atoms with Gasteiger partial charge in [-0.2, -0.15) is 0 Å². The van der Waals surface area contributed by atoms with Gasteiger partial charge in [0, 0.05) is 13.1 Å². The normalized spacial score (nSPS) is 15.9. The summed E-state index contributed by atoms with van der Waals surface area (Å²) >= 11 is 0. The fraction of sp³-hybridized carbons (Fsp3) is 0.545. The van der Waals surface area contributed by atoms with E-state index in [4.69, 9.17) is 10.5 Å². The number of piperidine rings is 1. The Bertz CT molecular complexity index is 528. The average molecular weight is 281 g/mol. The molecule has 0 aliphatic carbocycles. The van der Waals surface area contributed by atoms with Gasteiger partial charge >= 0.3 is 11.7 Å². The summed E-state index contributed by atoms with van der Waals surface area (Å²) in [4.78, 5) is 31.2. The van der Waals surface area contributed by atoms with Gasteiger partial charge in [0.1, 0.15) is 6.33 Å². The lowest BCUT2D eigenvalue weighted by Crippen LogP contribution is -2.37. The van der Waals surface area contributed by atoms with E-state index in [9.17, 15) is 14.9 Å². The van der Waals surface area contributed by atoms with Crippen LogP contribution in [-0.4, -0.2) is 41.1 Å². The molecule has 20 heavy (non-hydrogen) atoms. The van der Waals surface area contributed by atoms with Crippen molar-refractivity contribution in [3.05, 3.63) is 16.4 Å². The van der Waals surface area contributed by atoms with Gasteiger partial charge in [-0.15, -0.1) is 0 Å². The molecule has 1 saturated heterocycles. The van der Waals surface area contributed by atoms with E-state index in [0.29, 0.717) is 25.9 Å². The zero-order valence-corrected chi connectivity index (χ0v) is 11.0. The number of nitrogens with zero attached hydrogens (tertiary/aromatic N) is 4. The maximum atomic E-state index is 11.4. The molecule has 0 radical (unpaired) electrons. The monoisotopic (exact) mass is 281 g/mol. The first-order valence-electron chi connectivity index (χ1n) is 6.12. The second-order valence-corrected chi connectivity index (χ2v) is 4.47. The average Bonchev–Trinajstić information content (AvgIpc) is 2.46.